The van der Waals surface area contributed by atoms with E-state index < -0.39 is 12.2 Å². The lowest BCUT2D eigenvalue weighted by Gasteiger charge is -2.30. The van der Waals surface area contributed by atoms with E-state index in [0.29, 0.717) is 30.3 Å². The fraction of sp³-hybridized carbons (Fsp3) is 0.200. The van der Waals surface area contributed by atoms with Crippen molar-refractivity contribution < 1.29 is 19.1 Å². The molecule has 4 aromatic carbocycles. The minimum Gasteiger partial charge on any atom is -0.478 e. The van der Waals surface area contributed by atoms with Crippen LogP contribution >= 0.6 is 0 Å². The number of ether oxygens (including phenoxy) is 1. The average molecular weight is 481 g/mol. The number of anilines is 1. The van der Waals surface area contributed by atoms with Gasteiger partial charge in [0.25, 0.3) is 0 Å². The van der Waals surface area contributed by atoms with Crippen molar-refractivity contribution in [3.05, 3.63) is 102 Å². The maximum Gasteiger partial charge on any atom is 0.339 e. The van der Waals surface area contributed by atoms with Crippen molar-refractivity contribution in [2.75, 3.05) is 11.4 Å². The second-order valence-electron chi connectivity index (χ2n) is 8.73. The number of benzene rings is 4. The van der Waals surface area contributed by atoms with Gasteiger partial charge in [-0.2, -0.15) is 4.98 Å². The van der Waals surface area contributed by atoms with E-state index in [2.05, 4.69) is 12.1 Å². The van der Waals surface area contributed by atoms with Gasteiger partial charge in [0.15, 0.2) is 11.8 Å². The molecule has 0 saturated heterocycles. The summed E-state index contributed by atoms with van der Waals surface area (Å²) in [6, 6.07) is 29.6. The quantitative estimate of drug-likeness (QED) is 0.218. The Bertz CT molecular complexity index is 1450. The summed E-state index contributed by atoms with van der Waals surface area (Å²) in [5.41, 5.74) is 2.86. The van der Waals surface area contributed by atoms with E-state index in [1.807, 2.05) is 78.6 Å². The van der Waals surface area contributed by atoms with Crippen LogP contribution in [0.5, 0.6) is 5.75 Å². The predicted octanol–water partition coefficient (Wildman–Crippen LogP) is 6.93. The zero-order chi connectivity index (χ0) is 24.9. The van der Waals surface area contributed by atoms with Crippen molar-refractivity contribution in [3.8, 4) is 5.75 Å². The third-order valence-corrected chi connectivity index (χ3v) is 6.27. The van der Waals surface area contributed by atoms with Gasteiger partial charge in [0.05, 0.1) is 0 Å². The SMILES string of the molecule is CCC(Oc1cc2ccccc2cc1C(=O)O)N(CCCc1ccccc1)c1nc2ccccc2o1. The molecule has 0 saturated carbocycles. The van der Waals surface area contributed by atoms with Gasteiger partial charge in [-0.1, -0.05) is 73.7 Å². The van der Waals surface area contributed by atoms with Gasteiger partial charge >= 0.3 is 12.0 Å². The van der Waals surface area contributed by atoms with Gasteiger partial charge in [0.1, 0.15) is 16.8 Å². The van der Waals surface area contributed by atoms with E-state index in [9.17, 15) is 9.90 Å². The number of rotatable bonds is 10. The molecule has 0 aliphatic rings. The summed E-state index contributed by atoms with van der Waals surface area (Å²) in [4.78, 5) is 18.8. The van der Waals surface area contributed by atoms with E-state index in [1.165, 1.54) is 5.56 Å². The number of aromatic carboxylic acids is 1. The summed E-state index contributed by atoms with van der Waals surface area (Å²) in [6.07, 6.45) is 1.89. The number of aromatic nitrogens is 1. The van der Waals surface area contributed by atoms with Gasteiger partial charge in [-0.05, 0) is 53.4 Å². The highest BCUT2D eigenvalue weighted by Crippen LogP contribution is 2.30. The van der Waals surface area contributed by atoms with Gasteiger partial charge in [-0.15, -0.1) is 0 Å². The highest BCUT2D eigenvalue weighted by atomic mass is 16.5. The first-order valence-corrected chi connectivity index (χ1v) is 12.2. The number of oxazole rings is 1. The summed E-state index contributed by atoms with van der Waals surface area (Å²) < 4.78 is 12.5. The number of carbonyl (C=O) groups is 1. The Kier molecular flexibility index (Phi) is 6.85. The number of nitrogens with zero attached hydrogens (tertiary/aromatic N) is 2. The topological polar surface area (TPSA) is 75.8 Å². The monoisotopic (exact) mass is 480 g/mol. The summed E-state index contributed by atoms with van der Waals surface area (Å²) in [5, 5.41) is 11.7. The Labute approximate surface area is 209 Å². The molecule has 0 fully saturated rings. The molecule has 1 N–H and O–H groups in total. The van der Waals surface area contributed by atoms with Crippen molar-refractivity contribution in [2.24, 2.45) is 0 Å². The molecule has 1 unspecified atom stereocenters. The number of para-hydroxylation sites is 2. The predicted molar refractivity (Wildman–Crippen MR) is 142 cm³/mol. The van der Waals surface area contributed by atoms with E-state index in [4.69, 9.17) is 14.1 Å². The van der Waals surface area contributed by atoms with Crippen molar-refractivity contribution >= 4 is 33.9 Å². The maximum atomic E-state index is 12.1. The fourth-order valence-corrected chi connectivity index (χ4v) is 4.44. The molecule has 5 aromatic rings. The van der Waals surface area contributed by atoms with Crippen LogP contribution in [-0.4, -0.2) is 28.8 Å². The number of hydrogen-bond donors (Lipinski definition) is 1. The molecular formula is C30H28N2O4. The number of fused-ring (bicyclic) bond motifs is 2. The average Bonchev–Trinajstić information content (AvgIpc) is 3.34. The molecular weight excluding hydrogens is 452 g/mol. The van der Waals surface area contributed by atoms with Gasteiger partial charge in [-0.3, -0.25) is 4.90 Å². The Morgan fingerprint density at radius 3 is 2.39 bits per heavy atom. The molecule has 5 rings (SSSR count). The number of aryl methyl sites for hydroxylation is 1. The summed E-state index contributed by atoms with van der Waals surface area (Å²) in [7, 11) is 0. The van der Waals surface area contributed by atoms with Crippen LogP contribution in [0.25, 0.3) is 21.9 Å². The molecule has 1 aromatic heterocycles. The smallest absolute Gasteiger partial charge is 0.339 e. The lowest BCUT2D eigenvalue weighted by Crippen LogP contribution is -2.40. The fourth-order valence-electron chi connectivity index (χ4n) is 4.44. The molecule has 182 valence electrons. The van der Waals surface area contributed by atoms with Crippen molar-refractivity contribution in [3.63, 3.8) is 0 Å². The number of carboxylic acid groups (broad SMARTS) is 1. The zero-order valence-electron chi connectivity index (χ0n) is 20.1. The van der Waals surface area contributed by atoms with Crippen molar-refractivity contribution in [1.29, 1.82) is 0 Å². The molecule has 0 spiro atoms. The summed E-state index contributed by atoms with van der Waals surface area (Å²) in [5.74, 6) is -0.694. The van der Waals surface area contributed by atoms with E-state index in [0.717, 1.165) is 29.1 Å². The van der Waals surface area contributed by atoms with Crippen LogP contribution in [-0.2, 0) is 6.42 Å². The Balaban J connectivity index is 1.48. The Morgan fingerprint density at radius 1 is 0.972 bits per heavy atom. The van der Waals surface area contributed by atoms with Gasteiger partial charge in [0, 0.05) is 13.0 Å². The molecule has 0 bridgehead atoms. The van der Waals surface area contributed by atoms with Crippen LogP contribution in [0.1, 0.15) is 35.7 Å². The van der Waals surface area contributed by atoms with Crippen LogP contribution < -0.4 is 9.64 Å². The standard InChI is InChI=1S/C30H28N2O4/c1-2-28(35-27-20-23-15-7-6-14-22(23)19-24(27)29(33)34)32(18-10-13-21-11-4-3-5-12-21)30-31-25-16-8-9-17-26(25)36-30/h3-9,11-12,14-17,19-20,28H,2,10,13,18H2,1H3,(H,33,34). The molecule has 36 heavy (non-hydrogen) atoms. The van der Waals surface area contributed by atoms with Crippen LogP contribution in [0.4, 0.5) is 6.01 Å². The molecule has 0 radical (unpaired) electrons. The van der Waals surface area contributed by atoms with Crippen molar-refractivity contribution in [1.82, 2.24) is 4.98 Å². The van der Waals surface area contributed by atoms with Crippen LogP contribution in [0.15, 0.2) is 95.4 Å². The molecule has 0 aliphatic heterocycles. The molecule has 1 heterocycles. The lowest BCUT2D eigenvalue weighted by atomic mass is 10.1. The second kappa shape index (κ2) is 10.5. The highest BCUT2D eigenvalue weighted by Gasteiger charge is 2.26. The molecule has 0 amide bonds. The first-order chi connectivity index (χ1) is 17.6. The maximum absolute atomic E-state index is 12.1. The Morgan fingerprint density at radius 2 is 1.67 bits per heavy atom. The number of carboxylic acids is 1. The second-order valence-corrected chi connectivity index (χ2v) is 8.73. The minimum atomic E-state index is -1.02. The van der Waals surface area contributed by atoms with Gasteiger partial charge in [0.2, 0.25) is 0 Å². The minimum absolute atomic E-state index is 0.133. The van der Waals surface area contributed by atoms with E-state index in [1.54, 1.807) is 12.1 Å². The molecule has 6 nitrogen and oxygen atoms in total. The normalized spacial score (nSPS) is 12.0. The molecule has 6 heteroatoms. The first kappa shape index (κ1) is 23.4. The molecule has 1 atom stereocenters. The highest BCUT2D eigenvalue weighted by molar-refractivity contribution is 5.97. The van der Waals surface area contributed by atoms with Crippen molar-refractivity contribution in [2.45, 2.75) is 32.4 Å². The third-order valence-electron chi connectivity index (χ3n) is 6.27. The molecule has 0 aliphatic carbocycles. The zero-order valence-corrected chi connectivity index (χ0v) is 20.1. The lowest BCUT2D eigenvalue weighted by molar-refractivity contribution is 0.0688. The van der Waals surface area contributed by atoms with Crippen LogP contribution in [0.2, 0.25) is 0 Å². The summed E-state index contributed by atoms with van der Waals surface area (Å²) >= 11 is 0. The summed E-state index contributed by atoms with van der Waals surface area (Å²) in [6.45, 7) is 2.65. The van der Waals surface area contributed by atoms with Gasteiger partial charge < -0.3 is 14.3 Å². The largest absolute Gasteiger partial charge is 0.478 e. The van der Waals surface area contributed by atoms with Gasteiger partial charge in [-0.25, -0.2) is 4.79 Å². The van der Waals surface area contributed by atoms with E-state index >= 15 is 0 Å². The Hall–Kier alpha value is -4.32. The third kappa shape index (κ3) is 5.03. The first-order valence-electron chi connectivity index (χ1n) is 12.2. The number of hydrogen-bond acceptors (Lipinski definition) is 5. The van der Waals surface area contributed by atoms with Crippen LogP contribution in [0, 0.1) is 0 Å². The van der Waals surface area contributed by atoms with E-state index in [-0.39, 0.29) is 5.56 Å². The van der Waals surface area contributed by atoms with Crippen LogP contribution in [0.3, 0.4) is 0 Å².